The van der Waals surface area contributed by atoms with Crippen molar-refractivity contribution in [2.75, 3.05) is 0 Å². The molecule has 2 fully saturated rings. The van der Waals surface area contributed by atoms with Crippen LogP contribution in [0.3, 0.4) is 0 Å². The lowest BCUT2D eigenvalue weighted by Gasteiger charge is -2.28. The number of aromatic nitrogens is 2. The molecule has 1 aromatic heterocycles. The first-order valence-corrected chi connectivity index (χ1v) is 9.32. The SMILES string of the molecule is Cl.O=C(CC1CC2CCC(C1)N2)NCc1cccc(Cn2cccn2)c1. The van der Waals surface area contributed by atoms with Crippen LogP contribution >= 0.6 is 12.4 Å². The van der Waals surface area contributed by atoms with Crippen LogP contribution < -0.4 is 10.6 Å². The third kappa shape index (κ3) is 4.86. The molecular weight excluding hydrogens is 348 g/mol. The number of hydrogen-bond acceptors (Lipinski definition) is 3. The molecule has 2 atom stereocenters. The van der Waals surface area contributed by atoms with E-state index in [-0.39, 0.29) is 18.3 Å². The molecule has 2 N–H and O–H groups in total. The van der Waals surface area contributed by atoms with Gasteiger partial charge in [0.2, 0.25) is 5.91 Å². The number of carbonyl (C=O) groups is 1. The minimum Gasteiger partial charge on any atom is -0.352 e. The van der Waals surface area contributed by atoms with Crippen LogP contribution in [0.25, 0.3) is 0 Å². The van der Waals surface area contributed by atoms with Crippen molar-refractivity contribution in [2.45, 2.75) is 57.3 Å². The summed E-state index contributed by atoms with van der Waals surface area (Å²) >= 11 is 0. The van der Waals surface area contributed by atoms with Crippen LogP contribution in [-0.4, -0.2) is 27.8 Å². The Bertz CT molecular complexity index is 706. The van der Waals surface area contributed by atoms with Gasteiger partial charge in [-0.3, -0.25) is 9.48 Å². The van der Waals surface area contributed by atoms with E-state index in [1.165, 1.54) is 18.4 Å². The molecule has 2 bridgehead atoms. The Hall–Kier alpha value is -1.85. The summed E-state index contributed by atoms with van der Waals surface area (Å²) in [5.74, 6) is 0.730. The van der Waals surface area contributed by atoms with Gasteiger partial charge in [-0.2, -0.15) is 5.10 Å². The molecule has 0 saturated carbocycles. The number of amides is 1. The van der Waals surface area contributed by atoms with Gasteiger partial charge in [0.25, 0.3) is 0 Å². The second-order valence-electron chi connectivity index (χ2n) is 7.48. The molecule has 2 saturated heterocycles. The maximum Gasteiger partial charge on any atom is 0.220 e. The fraction of sp³-hybridized carbons (Fsp3) is 0.500. The smallest absolute Gasteiger partial charge is 0.220 e. The minimum absolute atomic E-state index is 0. The van der Waals surface area contributed by atoms with Gasteiger partial charge in [-0.25, -0.2) is 0 Å². The van der Waals surface area contributed by atoms with E-state index in [9.17, 15) is 4.79 Å². The Morgan fingerprint density at radius 1 is 1.19 bits per heavy atom. The molecule has 2 aliphatic heterocycles. The normalized spacial score (nSPS) is 24.1. The summed E-state index contributed by atoms with van der Waals surface area (Å²) in [5.41, 5.74) is 2.34. The molecule has 3 heterocycles. The first-order valence-electron chi connectivity index (χ1n) is 9.32. The molecule has 5 nitrogen and oxygen atoms in total. The van der Waals surface area contributed by atoms with Crippen LogP contribution in [0, 0.1) is 5.92 Å². The lowest BCUT2D eigenvalue weighted by molar-refractivity contribution is -0.122. The molecule has 0 aliphatic carbocycles. The van der Waals surface area contributed by atoms with Gasteiger partial charge in [0.05, 0.1) is 6.54 Å². The predicted octanol–water partition coefficient (Wildman–Crippen LogP) is 2.89. The second kappa shape index (κ2) is 8.69. The van der Waals surface area contributed by atoms with E-state index in [1.807, 2.05) is 23.0 Å². The molecule has 2 aromatic rings. The van der Waals surface area contributed by atoms with Crippen molar-refractivity contribution < 1.29 is 4.79 Å². The average molecular weight is 375 g/mol. The van der Waals surface area contributed by atoms with Crippen molar-refractivity contribution in [3.8, 4) is 0 Å². The molecule has 26 heavy (non-hydrogen) atoms. The van der Waals surface area contributed by atoms with E-state index in [0.29, 0.717) is 31.0 Å². The third-order valence-electron chi connectivity index (χ3n) is 5.43. The van der Waals surface area contributed by atoms with E-state index in [4.69, 9.17) is 0 Å². The first-order chi connectivity index (χ1) is 12.2. The number of nitrogens with zero attached hydrogens (tertiary/aromatic N) is 2. The number of rotatable bonds is 6. The topological polar surface area (TPSA) is 59.0 Å². The Kier molecular flexibility index (Phi) is 6.33. The highest BCUT2D eigenvalue weighted by Gasteiger charge is 2.34. The highest BCUT2D eigenvalue weighted by atomic mass is 35.5. The highest BCUT2D eigenvalue weighted by Crippen LogP contribution is 2.32. The summed E-state index contributed by atoms with van der Waals surface area (Å²) in [5, 5.41) is 11.0. The van der Waals surface area contributed by atoms with Crippen molar-refractivity contribution in [1.82, 2.24) is 20.4 Å². The lowest BCUT2D eigenvalue weighted by atomic mass is 9.89. The van der Waals surface area contributed by atoms with E-state index in [2.05, 4.69) is 33.9 Å². The largest absolute Gasteiger partial charge is 0.352 e. The summed E-state index contributed by atoms with van der Waals surface area (Å²) in [6.45, 7) is 1.36. The summed E-state index contributed by atoms with van der Waals surface area (Å²) in [6, 6.07) is 11.6. The number of halogens is 1. The fourth-order valence-electron chi connectivity index (χ4n) is 4.30. The molecule has 2 aliphatic rings. The van der Waals surface area contributed by atoms with E-state index < -0.39 is 0 Å². The predicted molar refractivity (Wildman–Crippen MR) is 104 cm³/mol. The molecule has 4 rings (SSSR count). The standard InChI is InChI=1S/C20H26N4O.ClH/c25-20(12-17-10-18-5-6-19(11-17)23-18)21-13-15-3-1-4-16(9-15)14-24-8-2-7-22-24;/h1-4,7-9,17-19,23H,5-6,10-14H2,(H,21,25);1H. The number of fused-ring (bicyclic) bond motifs is 2. The quantitative estimate of drug-likeness (QED) is 0.817. The summed E-state index contributed by atoms with van der Waals surface area (Å²) in [7, 11) is 0. The van der Waals surface area contributed by atoms with Gasteiger partial charge in [-0.15, -0.1) is 12.4 Å². The number of carbonyl (C=O) groups excluding carboxylic acids is 1. The monoisotopic (exact) mass is 374 g/mol. The van der Waals surface area contributed by atoms with Gasteiger partial charge in [0.1, 0.15) is 0 Å². The molecule has 1 amide bonds. The molecular formula is C20H27ClN4O. The van der Waals surface area contributed by atoms with Crippen molar-refractivity contribution in [1.29, 1.82) is 0 Å². The van der Waals surface area contributed by atoms with Gasteiger partial charge in [-0.05, 0) is 48.8 Å². The van der Waals surface area contributed by atoms with E-state index in [0.717, 1.165) is 24.9 Å². The van der Waals surface area contributed by atoms with Gasteiger partial charge >= 0.3 is 0 Å². The number of nitrogens with one attached hydrogen (secondary N) is 2. The lowest BCUT2D eigenvalue weighted by Crippen LogP contribution is -2.39. The van der Waals surface area contributed by atoms with Gasteiger partial charge in [0, 0.05) is 37.4 Å². The zero-order valence-electron chi connectivity index (χ0n) is 14.9. The van der Waals surface area contributed by atoms with Gasteiger partial charge in [-0.1, -0.05) is 24.3 Å². The minimum atomic E-state index is 0. The summed E-state index contributed by atoms with van der Waals surface area (Å²) in [4.78, 5) is 12.3. The molecule has 2 unspecified atom stereocenters. The maximum atomic E-state index is 12.3. The summed E-state index contributed by atoms with van der Waals surface area (Å²) in [6.07, 6.45) is 9.30. The number of benzene rings is 1. The van der Waals surface area contributed by atoms with Crippen molar-refractivity contribution >= 4 is 18.3 Å². The van der Waals surface area contributed by atoms with Gasteiger partial charge < -0.3 is 10.6 Å². The molecule has 6 heteroatoms. The Balaban J connectivity index is 0.00000196. The van der Waals surface area contributed by atoms with Crippen molar-refractivity contribution in [3.63, 3.8) is 0 Å². The maximum absolute atomic E-state index is 12.3. The van der Waals surface area contributed by atoms with Crippen molar-refractivity contribution in [3.05, 3.63) is 53.9 Å². The number of hydrogen-bond donors (Lipinski definition) is 2. The molecule has 0 spiro atoms. The number of piperidine rings is 1. The zero-order chi connectivity index (χ0) is 17.1. The van der Waals surface area contributed by atoms with E-state index >= 15 is 0 Å². The third-order valence-corrected chi connectivity index (χ3v) is 5.43. The summed E-state index contributed by atoms with van der Waals surface area (Å²) < 4.78 is 1.91. The zero-order valence-corrected chi connectivity index (χ0v) is 15.8. The Morgan fingerprint density at radius 2 is 1.96 bits per heavy atom. The molecule has 140 valence electrons. The fourth-order valence-corrected chi connectivity index (χ4v) is 4.30. The van der Waals surface area contributed by atoms with E-state index in [1.54, 1.807) is 6.20 Å². The second-order valence-corrected chi connectivity index (χ2v) is 7.48. The van der Waals surface area contributed by atoms with Crippen LogP contribution in [0.5, 0.6) is 0 Å². The molecule has 1 aromatic carbocycles. The van der Waals surface area contributed by atoms with Gasteiger partial charge in [0.15, 0.2) is 0 Å². The van der Waals surface area contributed by atoms with Crippen LogP contribution in [0.1, 0.15) is 43.2 Å². The van der Waals surface area contributed by atoms with Crippen molar-refractivity contribution in [2.24, 2.45) is 5.92 Å². The first kappa shape index (κ1) is 18.9. The van der Waals surface area contributed by atoms with Crippen LogP contribution in [0.4, 0.5) is 0 Å². The molecule has 0 radical (unpaired) electrons. The van der Waals surface area contributed by atoms with Crippen LogP contribution in [0.15, 0.2) is 42.7 Å². The average Bonchev–Trinajstić information content (AvgIpc) is 3.23. The Morgan fingerprint density at radius 3 is 2.69 bits per heavy atom. The van der Waals surface area contributed by atoms with Crippen LogP contribution in [0.2, 0.25) is 0 Å². The van der Waals surface area contributed by atoms with Crippen LogP contribution in [-0.2, 0) is 17.9 Å². The Labute approximate surface area is 161 Å². The highest BCUT2D eigenvalue weighted by molar-refractivity contribution is 5.85.